The van der Waals surface area contributed by atoms with Crippen LogP contribution in [0.3, 0.4) is 0 Å². The van der Waals surface area contributed by atoms with E-state index in [-0.39, 0.29) is 5.91 Å². The summed E-state index contributed by atoms with van der Waals surface area (Å²) in [5, 5.41) is 3.55. The SMILES string of the molecule is O=C(NCCC1CCCCC1)c1ccc(Br)c(Cl)c1. The van der Waals surface area contributed by atoms with Crippen molar-refractivity contribution >= 4 is 33.4 Å². The van der Waals surface area contributed by atoms with Gasteiger partial charge in [0.1, 0.15) is 0 Å². The van der Waals surface area contributed by atoms with Gasteiger partial charge in [-0.15, -0.1) is 0 Å². The predicted octanol–water partition coefficient (Wildman–Crippen LogP) is 4.80. The summed E-state index contributed by atoms with van der Waals surface area (Å²) in [7, 11) is 0. The van der Waals surface area contributed by atoms with Crippen molar-refractivity contribution < 1.29 is 4.79 Å². The van der Waals surface area contributed by atoms with Crippen LogP contribution in [0.25, 0.3) is 0 Å². The van der Waals surface area contributed by atoms with Crippen molar-refractivity contribution in [2.45, 2.75) is 38.5 Å². The Morgan fingerprint density at radius 2 is 2.05 bits per heavy atom. The molecule has 1 amide bonds. The van der Waals surface area contributed by atoms with Crippen LogP contribution in [-0.2, 0) is 0 Å². The Bertz CT molecular complexity index is 444. The Balaban J connectivity index is 1.78. The van der Waals surface area contributed by atoms with Crippen molar-refractivity contribution in [1.82, 2.24) is 5.32 Å². The van der Waals surface area contributed by atoms with E-state index in [1.807, 2.05) is 0 Å². The highest BCUT2D eigenvalue weighted by atomic mass is 79.9. The molecule has 0 bridgehead atoms. The molecule has 1 aromatic rings. The molecule has 4 heteroatoms. The van der Waals surface area contributed by atoms with Crippen molar-refractivity contribution in [3.63, 3.8) is 0 Å². The molecule has 1 aliphatic carbocycles. The minimum absolute atomic E-state index is 0.0368. The van der Waals surface area contributed by atoms with Gasteiger partial charge in [-0.05, 0) is 46.5 Å². The van der Waals surface area contributed by atoms with Crippen LogP contribution >= 0.6 is 27.5 Å². The number of hydrogen-bond donors (Lipinski definition) is 1. The third-order valence-electron chi connectivity index (χ3n) is 3.74. The largest absolute Gasteiger partial charge is 0.352 e. The molecule has 104 valence electrons. The van der Waals surface area contributed by atoms with Crippen molar-refractivity contribution in [3.05, 3.63) is 33.3 Å². The molecule has 0 atom stereocenters. The first-order chi connectivity index (χ1) is 9.16. The average molecular weight is 345 g/mol. The quantitative estimate of drug-likeness (QED) is 0.835. The van der Waals surface area contributed by atoms with Gasteiger partial charge >= 0.3 is 0 Å². The third-order valence-corrected chi connectivity index (χ3v) is 4.98. The molecule has 0 saturated heterocycles. The second-order valence-corrected chi connectivity index (χ2v) is 6.44. The van der Waals surface area contributed by atoms with E-state index in [1.54, 1.807) is 18.2 Å². The van der Waals surface area contributed by atoms with Gasteiger partial charge in [0.2, 0.25) is 0 Å². The fourth-order valence-corrected chi connectivity index (χ4v) is 3.03. The summed E-state index contributed by atoms with van der Waals surface area (Å²) in [6.45, 7) is 0.761. The summed E-state index contributed by atoms with van der Waals surface area (Å²) in [4.78, 5) is 12.0. The molecule has 0 aliphatic heterocycles. The average Bonchev–Trinajstić information content (AvgIpc) is 2.43. The lowest BCUT2D eigenvalue weighted by Gasteiger charge is -2.21. The monoisotopic (exact) mass is 343 g/mol. The first-order valence-electron chi connectivity index (χ1n) is 6.90. The fraction of sp³-hybridized carbons (Fsp3) is 0.533. The van der Waals surface area contributed by atoms with E-state index < -0.39 is 0 Å². The molecule has 1 fully saturated rings. The highest BCUT2D eigenvalue weighted by Crippen LogP contribution is 2.26. The van der Waals surface area contributed by atoms with E-state index in [1.165, 1.54) is 32.1 Å². The highest BCUT2D eigenvalue weighted by molar-refractivity contribution is 9.10. The van der Waals surface area contributed by atoms with Gasteiger partial charge in [-0.3, -0.25) is 4.79 Å². The maximum atomic E-state index is 12.0. The van der Waals surface area contributed by atoms with Crippen LogP contribution in [0.2, 0.25) is 5.02 Å². The summed E-state index contributed by atoms with van der Waals surface area (Å²) in [5.74, 6) is 0.757. The Morgan fingerprint density at radius 3 is 2.74 bits per heavy atom. The fourth-order valence-electron chi connectivity index (χ4n) is 2.61. The number of hydrogen-bond acceptors (Lipinski definition) is 1. The number of benzene rings is 1. The van der Waals surface area contributed by atoms with Gasteiger partial charge in [0.25, 0.3) is 5.91 Å². The van der Waals surface area contributed by atoms with Crippen LogP contribution < -0.4 is 5.32 Å². The van der Waals surface area contributed by atoms with Crippen LogP contribution in [0.15, 0.2) is 22.7 Å². The first-order valence-corrected chi connectivity index (χ1v) is 8.07. The second-order valence-electron chi connectivity index (χ2n) is 5.18. The van der Waals surface area contributed by atoms with E-state index in [4.69, 9.17) is 11.6 Å². The van der Waals surface area contributed by atoms with Gasteiger partial charge in [0.15, 0.2) is 0 Å². The summed E-state index contributed by atoms with van der Waals surface area (Å²) in [5.41, 5.74) is 0.622. The molecule has 1 aromatic carbocycles. The molecule has 0 aromatic heterocycles. The first kappa shape index (κ1) is 14.9. The molecule has 0 heterocycles. The zero-order valence-corrected chi connectivity index (χ0v) is 13.3. The molecule has 2 rings (SSSR count). The maximum Gasteiger partial charge on any atom is 0.251 e. The van der Waals surface area contributed by atoms with Gasteiger partial charge < -0.3 is 5.32 Å². The van der Waals surface area contributed by atoms with Crippen molar-refractivity contribution in [3.8, 4) is 0 Å². The normalized spacial score (nSPS) is 16.3. The van der Waals surface area contributed by atoms with Gasteiger partial charge in [-0.25, -0.2) is 0 Å². The molecule has 0 spiro atoms. The van der Waals surface area contributed by atoms with Crippen LogP contribution in [-0.4, -0.2) is 12.5 Å². The highest BCUT2D eigenvalue weighted by Gasteiger charge is 2.14. The van der Waals surface area contributed by atoms with Crippen LogP contribution in [0.4, 0.5) is 0 Å². The predicted molar refractivity (Wildman–Crippen MR) is 82.7 cm³/mol. The van der Waals surface area contributed by atoms with Gasteiger partial charge in [0, 0.05) is 16.6 Å². The standard InChI is InChI=1S/C15H19BrClNO/c16-13-7-6-12(10-14(13)17)15(19)18-9-8-11-4-2-1-3-5-11/h6-7,10-11H,1-5,8-9H2,(H,18,19). The number of carbonyl (C=O) groups excluding carboxylic acids is 1. The molecule has 1 saturated carbocycles. The van der Waals surface area contributed by atoms with E-state index in [9.17, 15) is 4.79 Å². The third kappa shape index (κ3) is 4.50. The Labute approximate surface area is 128 Å². The number of amides is 1. The van der Waals surface area contributed by atoms with E-state index in [0.29, 0.717) is 10.6 Å². The molecule has 2 nitrogen and oxygen atoms in total. The smallest absolute Gasteiger partial charge is 0.251 e. The van der Waals surface area contributed by atoms with Crippen molar-refractivity contribution in [1.29, 1.82) is 0 Å². The number of nitrogens with one attached hydrogen (secondary N) is 1. The van der Waals surface area contributed by atoms with Crippen LogP contribution in [0.1, 0.15) is 48.9 Å². The molecule has 0 radical (unpaired) electrons. The second kappa shape index (κ2) is 7.30. The van der Waals surface area contributed by atoms with Gasteiger partial charge in [-0.2, -0.15) is 0 Å². The minimum atomic E-state index is -0.0368. The molecular formula is C15H19BrClNO. The van der Waals surface area contributed by atoms with Gasteiger partial charge in [-0.1, -0.05) is 43.7 Å². The summed E-state index contributed by atoms with van der Waals surface area (Å²) in [6, 6.07) is 5.28. The van der Waals surface area contributed by atoms with E-state index >= 15 is 0 Å². The van der Waals surface area contributed by atoms with Crippen molar-refractivity contribution in [2.24, 2.45) is 5.92 Å². The Kier molecular flexibility index (Phi) is 5.71. The molecule has 19 heavy (non-hydrogen) atoms. The molecule has 1 aliphatic rings. The van der Waals surface area contributed by atoms with E-state index in [0.717, 1.165) is 23.4 Å². The zero-order chi connectivity index (χ0) is 13.7. The molecular weight excluding hydrogens is 326 g/mol. The van der Waals surface area contributed by atoms with Crippen LogP contribution in [0, 0.1) is 5.92 Å². The van der Waals surface area contributed by atoms with Crippen LogP contribution in [0.5, 0.6) is 0 Å². The number of halogens is 2. The Morgan fingerprint density at radius 1 is 1.32 bits per heavy atom. The minimum Gasteiger partial charge on any atom is -0.352 e. The summed E-state index contributed by atoms with van der Waals surface area (Å²) >= 11 is 9.31. The summed E-state index contributed by atoms with van der Waals surface area (Å²) in [6.07, 6.45) is 7.80. The summed E-state index contributed by atoms with van der Waals surface area (Å²) < 4.78 is 0.813. The lowest BCUT2D eigenvalue weighted by atomic mass is 9.87. The Hall–Kier alpha value is -0.540. The van der Waals surface area contributed by atoms with Crippen molar-refractivity contribution in [2.75, 3.05) is 6.54 Å². The maximum absolute atomic E-state index is 12.0. The number of carbonyl (C=O) groups is 1. The zero-order valence-electron chi connectivity index (χ0n) is 10.9. The van der Waals surface area contributed by atoms with E-state index in [2.05, 4.69) is 21.2 Å². The lowest BCUT2D eigenvalue weighted by Crippen LogP contribution is -2.26. The topological polar surface area (TPSA) is 29.1 Å². The molecule has 0 unspecified atom stereocenters. The number of rotatable bonds is 4. The molecule has 1 N–H and O–H groups in total. The lowest BCUT2D eigenvalue weighted by molar-refractivity contribution is 0.0950. The van der Waals surface area contributed by atoms with Gasteiger partial charge in [0.05, 0.1) is 5.02 Å².